The second-order valence-corrected chi connectivity index (χ2v) is 10.1. The van der Waals surface area contributed by atoms with Gasteiger partial charge >= 0.3 is 12.1 Å². The Labute approximate surface area is 215 Å². The Bertz CT molecular complexity index is 1350. The molecule has 1 aliphatic carbocycles. The molecule has 1 aromatic heterocycles. The number of aryl methyl sites for hydroxylation is 1. The number of carbonyl (C=O) groups excluding carboxylic acids is 1. The van der Waals surface area contributed by atoms with Crippen molar-refractivity contribution in [3.63, 3.8) is 0 Å². The summed E-state index contributed by atoms with van der Waals surface area (Å²) in [5.41, 5.74) is 4.33. The van der Waals surface area contributed by atoms with Crippen LogP contribution in [0.1, 0.15) is 62.0 Å². The fourth-order valence-electron chi connectivity index (χ4n) is 5.96. The summed E-state index contributed by atoms with van der Waals surface area (Å²) in [5, 5.41) is 9.49. The van der Waals surface area contributed by atoms with Crippen molar-refractivity contribution in [3.8, 4) is 5.75 Å². The molecule has 2 heterocycles. The third kappa shape index (κ3) is 4.63. The molecule has 5 rings (SSSR count). The number of anilines is 1. The van der Waals surface area contributed by atoms with Crippen molar-refractivity contribution in [3.05, 3.63) is 53.1 Å². The fourth-order valence-corrected chi connectivity index (χ4v) is 5.96. The monoisotopic (exact) mass is 509 g/mol. The molecule has 1 amide bonds. The molecule has 1 aliphatic heterocycles. The highest BCUT2D eigenvalue weighted by Gasteiger charge is 2.33. The summed E-state index contributed by atoms with van der Waals surface area (Å²) in [6.07, 6.45) is 4.22. The van der Waals surface area contributed by atoms with E-state index < -0.39 is 12.1 Å². The maximum atomic E-state index is 14.3. The molecule has 1 atom stereocenters. The number of rotatable bonds is 5. The van der Waals surface area contributed by atoms with E-state index in [1.165, 1.54) is 26.4 Å². The number of halogens is 1. The van der Waals surface area contributed by atoms with Gasteiger partial charge < -0.3 is 19.1 Å². The summed E-state index contributed by atoms with van der Waals surface area (Å²) in [6.45, 7) is 2.01. The SMILES string of the molecule is COC(=O)N1c2ccc3c(nc(Cc4cc(F)cc(OC)c4)n3C3CCC(C(=O)O)CC3)c2CCC1C. The van der Waals surface area contributed by atoms with E-state index in [1.807, 2.05) is 25.1 Å². The predicted molar refractivity (Wildman–Crippen MR) is 137 cm³/mol. The molecule has 0 radical (unpaired) electrons. The minimum Gasteiger partial charge on any atom is -0.497 e. The predicted octanol–water partition coefficient (Wildman–Crippen LogP) is 5.50. The van der Waals surface area contributed by atoms with Gasteiger partial charge in [-0.1, -0.05) is 0 Å². The van der Waals surface area contributed by atoms with E-state index in [4.69, 9.17) is 14.5 Å². The Balaban J connectivity index is 1.62. The molecule has 3 aromatic rings. The van der Waals surface area contributed by atoms with Crippen molar-refractivity contribution in [2.24, 2.45) is 5.92 Å². The normalized spacial score (nSPS) is 21.5. The summed E-state index contributed by atoms with van der Waals surface area (Å²) >= 11 is 0. The number of aliphatic carboxylic acids is 1. The lowest BCUT2D eigenvalue weighted by molar-refractivity contribution is -0.143. The van der Waals surface area contributed by atoms with Crippen LogP contribution in [0.15, 0.2) is 30.3 Å². The molecule has 1 N–H and O–H groups in total. The van der Waals surface area contributed by atoms with Crippen LogP contribution in [0.3, 0.4) is 0 Å². The molecule has 0 spiro atoms. The lowest BCUT2D eigenvalue weighted by Crippen LogP contribution is -2.42. The highest BCUT2D eigenvalue weighted by Crippen LogP contribution is 2.40. The number of imidazole rings is 1. The number of amides is 1. The zero-order chi connectivity index (χ0) is 26.3. The number of aromatic nitrogens is 2. The molecule has 1 fully saturated rings. The lowest BCUT2D eigenvalue weighted by atomic mass is 9.85. The Morgan fingerprint density at radius 3 is 2.54 bits per heavy atom. The molecule has 0 saturated heterocycles. The second kappa shape index (κ2) is 10.0. The van der Waals surface area contributed by atoms with Gasteiger partial charge in [-0.2, -0.15) is 0 Å². The van der Waals surface area contributed by atoms with Crippen LogP contribution in [-0.2, 0) is 22.4 Å². The second-order valence-electron chi connectivity index (χ2n) is 10.1. The van der Waals surface area contributed by atoms with E-state index in [1.54, 1.807) is 4.90 Å². The minimum atomic E-state index is -0.743. The molecular formula is C28H32FN3O5. The Kier molecular flexibility index (Phi) is 6.79. The molecule has 1 unspecified atom stereocenters. The maximum absolute atomic E-state index is 14.3. The van der Waals surface area contributed by atoms with Crippen molar-refractivity contribution in [2.45, 2.75) is 64.0 Å². The quantitative estimate of drug-likeness (QED) is 0.488. The fraction of sp³-hybridized carbons (Fsp3) is 0.464. The molecule has 1 saturated carbocycles. The van der Waals surface area contributed by atoms with Gasteiger partial charge in [0.15, 0.2) is 0 Å². The summed E-state index contributed by atoms with van der Waals surface area (Å²) < 4.78 is 26.8. The molecule has 2 aliphatic rings. The molecule has 0 bridgehead atoms. The van der Waals surface area contributed by atoms with E-state index in [-0.39, 0.29) is 23.8 Å². The lowest BCUT2D eigenvalue weighted by Gasteiger charge is -2.34. The number of nitrogens with zero attached hydrogens (tertiary/aromatic N) is 3. The number of benzene rings is 2. The Morgan fingerprint density at radius 2 is 1.86 bits per heavy atom. The summed E-state index contributed by atoms with van der Waals surface area (Å²) in [7, 11) is 2.89. The van der Waals surface area contributed by atoms with Gasteiger partial charge in [-0.25, -0.2) is 14.2 Å². The van der Waals surface area contributed by atoms with Gasteiger partial charge in [-0.15, -0.1) is 0 Å². The Hall–Kier alpha value is -3.62. The first-order valence-corrected chi connectivity index (χ1v) is 12.8. The number of hydrogen-bond acceptors (Lipinski definition) is 5. The van der Waals surface area contributed by atoms with E-state index in [2.05, 4.69) is 4.57 Å². The third-order valence-electron chi connectivity index (χ3n) is 7.84. The summed E-state index contributed by atoms with van der Waals surface area (Å²) in [4.78, 5) is 30.9. The number of carbonyl (C=O) groups is 2. The zero-order valence-electron chi connectivity index (χ0n) is 21.4. The first-order valence-electron chi connectivity index (χ1n) is 12.8. The van der Waals surface area contributed by atoms with Crippen LogP contribution in [0.2, 0.25) is 0 Å². The average Bonchev–Trinajstić information content (AvgIpc) is 3.25. The van der Waals surface area contributed by atoms with Crippen molar-refractivity contribution in [1.29, 1.82) is 0 Å². The van der Waals surface area contributed by atoms with E-state index >= 15 is 0 Å². The molecule has 196 valence electrons. The van der Waals surface area contributed by atoms with Crippen molar-refractivity contribution >= 4 is 28.8 Å². The topological polar surface area (TPSA) is 93.9 Å². The van der Waals surface area contributed by atoms with E-state index in [9.17, 15) is 19.1 Å². The molecule has 37 heavy (non-hydrogen) atoms. The van der Waals surface area contributed by atoms with Gasteiger partial charge in [0.25, 0.3) is 0 Å². The molecule has 8 nitrogen and oxygen atoms in total. The number of carboxylic acid groups (broad SMARTS) is 1. The van der Waals surface area contributed by atoms with Gasteiger partial charge in [0.1, 0.15) is 17.4 Å². The number of ether oxygens (including phenoxy) is 2. The van der Waals surface area contributed by atoms with Crippen LogP contribution in [0.25, 0.3) is 11.0 Å². The highest BCUT2D eigenvalue weighted by atomic mass is 19.1. The summed E-state index contributed by atoms with van der Waals surface area (Å²) in [6, 6.07) is 8.69. The van der Waals surface area contributed by atoms with Crippen molar-refractivity contribution in [2.75, 3.05) is 19.1 Å². The van der Waals surface area contributed by atoms with Gasteiger partial charge in [0.2, 0.25) is 0 Å². The van der Waals surface area contributed by atoms with Gasteiger partial charge in [0, 0.05) is 30.1 Å². The van der Waals surface area contributed by atoms with Crippen LogP contribution < -0.4 is 9.64 Å². The average molecular weight is 510 g/mol. The third-order valence-corrected chi connectivity index (χ3v) is 7.84. The minimum absolute atomic E-state index is 0.00464. The first kappa shape index (κ1) is 25.0. The van der Waals surface area contributed by atoms with Crippen LogP contribution in [-0.4, -0.2) is 47.0 Å². The van der Waals surface area contributed by atoms with E-state index in [0.29, 0.717) is 25.0 Å². The highest BCUT2D eigenvalue weighted by molar-refractivity contribution is 5.95. The van der Waals surface area contributed by atoms with Gasteiger partial charge in [-0.3, -0.25) is 9.69 Å². The van der Waals surface area contributed by atoms with Crippen LogP contribution >= 0.6 is 0 Å². The zero-order valence-corrected chi connectivity index (χ0v) is 21.4. The van der Waals surface area contributed by atoms with Crippen molar-refractivity contribution < 1.29 is 28.6 Å². The van der Waals surface area contributed by atoms with Crippen LogP contribution in [0, 0.1) is 11.7 Å². The number of carboxylic acids is 1. The molecule has 9 heteroatoms. The Morgan fingerprint density at radius 1 is 1.11 bits per heavy atom. The van der Waals surface area contributed by atoms with Crippen LogP contribution in [0.4, 0.5) is 14.9 Å². The van der Waals surface area contributed by atoms with Crippen LogP contribution in [0.5, 0.6) is 5.75 Å². The van der Waals surface area contributed by atoms with Gasteiger partial charge in [0.05, 0.1) is 36.9 Å². The maximum Gasteiger partial charge on any atom is 0.414 e. The number of fused-ring (bicyclic) bond motifs is 3. The van der Waals surface area contributed by atoms with Crippen molar-refractivity contribution in [1.82, 2.24) is 9.55 Å². The van der Waals surface area contributed by atoms with Gasteiger partial charge in [-0.05, 0) is 75.3 Å². The smallest absolute Gasteiger partial charge is 0.414 e. The van der Waals surface area contributed by atoms with E-state index in [0.717, 1.165) is 59.4 Å². The summed E-state index contributed by atoms with van der Waals surface area (Å²) in [5.74, 6) is -0.214. The molecule has 2 aromatic carbocycles. The molecular weight excluding hydrogens is 477 g/mol. The number of hydrogen-bond donors (Lipinski definition) is 1. The first-order chi connectivity index (χ1) is 17.8. The standard InChI is InChI=1S/C28H32FN3O5/c1-16-4-9-22-23(31(16)28(35)37-3)10-11-24-26(22)30-25(14-17-12-19(29)15-21(13-17)36-2)32(24)20-7-5-18(6-8-20)27(33)34/h10-13,15-16,18,20H,4-9,14H2,1-3H3,(H,33,34). The largest absolute Gasteiger partial charge is 0.497 e. The number of methoxy groups -OCH3 is 2.